The van der Waals surface area contributed by atoms with Crippen LogP contribution in [-0.2, 0) is 6.42 Å². The molecule has 2 heterocycles. The monoisotopic (exact) mass is 380 g/mol. The number of fused-ring (bicyclic) bond motifs is 1. The van der Waals surface area contributed by atoms with Gasteiger partial charge >= 0.3 is 0 Å². The van der Waals surface area contributed by atoms with E-state index in [4.69, 9.17) is 10.5 Å². The van der Waals surface area contributed by atoms with Crippen LogP contribution >= 0.6 is 0 Å². The van der Waals surface area contributed by atoms with E-state index in [2.05, 4.69) is 27.3 Å². The highest BCUT2D eigenvalue weighted by Crippen LogP contribution is 2.33. The van der Waals surface area contributed by atoms with Gasteiger partial charge in [-0.25, -0.2) is 4.98 Å². The lowest BCUT2D eigenvalue weighted by atomic mass is 9.87. The molecular formula is C22H28N4O2. The minimum absolute atomic E-state index is 0.376. The number of nitrogens with zero attached hydrogens (tertiary/aromatic N) is 2. The Hall–Kier alpha value is -2.44. The average Bonchev–Trinajstić information content (AvgIpc) is 3.22. The number of carbonyl (C=O) groups excluding carboxylic acids is 1. The van der Waals surface area contributed by atoms with Crippen LogP contribution in [0.4, 0.5) is 0 Å². The number of aromatic nitrogens is 1. The highest BCUT2D eigenvalue weighted by atomic mass is 16.5. The zero-order valence-electron chi connectivity index (χ0n) is 16.2. The van der Waals surface area contributed by atoms with E-state index in [1.54, 1.807) is 12.1 Å². The van der Waals surface area contributed by atoms with E-state index < -0.39 is 5.91 Å². The van der Waals surface area contributed by atoms with Crippen molar-refractivity contribution < 1.29 is 9.53 Å². The summed E-state index contributed by atoms with van der Waals surface area (Å²) < 4.78 is 5.87. The first kappa shape index (κ1) is 18.9. The molecule has 0 bridgehead atoms. The van der Waals surface area contributed by atoms with Gasteiger partial charge < -0.3 is 20.7 Å². The highest BCUT2D eigenvalue weighted by Gasteiger charge is 2.21. The van der Waals surface area contributed by atoms with Crippen LogP contribution in [0.1, 0.15) is 53.2 Å². The Bertz CT molecular complexity index is 816. The number of primary amides is 1. The zero-order chi connectivity index (χ0) is 19.3. The van der Waals surface area contributed by atoms with Crippen LogP contribution in [0.25, 0.3) is 0 Å². The van der Waals surface area contributed by atoms with E-state index in [9.17, 15) is 4.79 Å². The van der Waals surface area contributed by atoms with Crippen molar-refractivity contribution in [2.75, 3.05) is 26.2 Å². The van der Waals surface area contributed by atoms with E-state index in [-0.39, 0.29) is 0 Å². The Morgan fingerprint density at radius 1 is 1.21 bits per heavy atom. The van der Waals surface area contributed by atoms with Crippen molar-refractivity contribution in [1.29, 1.82) is 0 Å². The Kier molecular flexibility index (Phi) is 5.88. The molecule has 2 aromatic rings. The van der Waals surface area contributed by atoms with E-state index in [0.29, 0.717) is 17.5 Å². The number of nitrogens with two attached hydrogens (primary N) is 1. The first-order valence-electron chi connectivity index (χ1n) is 10.2. The van der Waals surface area contributed by atoms with Crippen molar-refractivity contribution in [3.63, 3.8) is 0 Å². The Balaban J connectivity index is 1.38. The molecule has 6 nitrogen and oxygen atoms in total. The fourth-order valence-corrected chi connectivity index (χ4v) is 4.18. The lowest BCUT2D eigenvalue weighted by Gasteiger charge is -2.28. The topological polar surface area (TPSA) is 80.5 Å². The number of nitrogens with one attached hydrogen (secondary N) is 1. The summed E-state index contributed by atoms with van der Waals surface area (Å²) in [6, 6.07) is 10.0. The maximum atomic E-state index is 11.1. The van der Waals surface area contributed by atoms with E-state index >= 15 is 0 Å². The van der Waals surface area contributed by atoms with Gasteiger partial charge in [-0.1, -0.05) is 6.07 Å². The number of hydrogen-bond donors (Lipinski definition) is 2. The molecular weight excluding hydrogens is 352 g/mol. The van der Waals surface area contributed by atoms with Crippen LogP contribution in [-0.4, -0.2) is 42.0 Å². The lowest BCUT2D eigenvalue weighted by Crippen LogP contribution is -2.33. The van der Waals surface area contributed by atoms with Crippen molar-refractivity contribution in [1.82, 2.24) is 15.2 Å². The SMILES string of the molecule is NC(=O)c1ccc(Oc2ccc3c(c2)CCCC3NCCN2CCCC2)nc1. The van der Waals surface area contributed by atoms with Gasteiger partial charge in [0.15, 0.2) is 0 Å². The summed E-state index contributed by atoms with van der Waals surface area (Å²) in [7, 11) is 0. The third-order valence-electron chi connectivity index (χ3n) is 5.69. The standard InChI is InChI=1S/C22H28N4O2/c23-22(27)17-6-9-21(25-15-17)28-18-7-8-19-16(14-18)4-3-5-20(19)24-10-13-26-11-1-2-12-26/h6-9,14-15,20,24H,1-5,10-13H2,(H2,23,27). The van der Waals surface area contributed by atoms with Crippen molar-refractivity contribution in [2.45, 2.75) is 38.1 Å². The first-order chi connectivity index (χ1) is 13.7. The maximum absolute atomic E-state index is 11.1. The average molecular weight is 380 g/mol. The number of hydrogen-bond acceptors (Lipinski definition) is 5. The molecule has 1 amide bonds. The molecule has 1 aromatic heterocycles. The second kappa shape index (κ2) is 8.71. The summed E-state index contributed by atoms with van der Waals surface area (Å²) in [4.78, 5) is 17.9. The number of carbonyl (C=O) groups is 1. The Morgan fingerprint density at radius 3 is 2.82 bits per heavy atom. The molecule has 2 aliphatic rings. The van der Waals surface area contributed by atoms with E-state index in [1.807, 2.05) is 6.07 Å². The third kappa shape index (κ3) is 4.51. The normalized spacial score (nSPS) is 19.4. The highest BCUT2D eigenvalue weighted by molar-refractivity contribution is 5.92. The molecule has 1 atom stereocenters. The van der Waals surface area contributed by atoms with E-state index in [1.165, 1.54) is 56.1 Å². The van der Waals surface area contributed by atoms with Gasteiger partial charge in [0.1, 0.15) is 5.75 Å². The number of benzene rings is 1. The van der Waals surface area contributed by atoms with Crippen molar-refractivity contribution in [2.24, 2.45) is 5.73 Å². The van der Waals surface area contributed by atoms with Crippen LogP contribution in [0.2, 0.25) is 0 Å². The van der Waals surface area contributed by atoms with Gasteiger partial charge in [0, 0.05) is 31.4 Å². The first-order valence-corrected chi connectivity index (χ1v) is 10.2. The van der Waals surface area contributed by atoms with Gasteiger partial charge in [0.2, 0.25) is 11.8 Å². The minimum atomic E-state index is -0.490. The molecule has 6 heteroatoms. The van der Waals surface area contributed by atoms with Gasteiger partial charge in [-0.2, -0.15) is 0 Å². The van der Waals surface area contributed by atoms with Crippen LogP contribution in [0.5, 0.6) is 11.6 Å². The minimum Gasteiger partial charge on any atom is -0.439 e. The quantitative estimate of drug-likeness (QED) is 0.772. The Labute approximate surface area is 166 Å². The van der Waals surface area contributed by atoms with Gasteiger partial charge in [-0.15, -0.1) is 0 Å². The summed E-state index contributed by atoms with van der Waals surface area (Å²) in [6.07, 6.45) is 7.57. The molecule has 3 N–H and O–H groups in total. The molecule has 28 heavy (non-hydrogen) atoms. The van der Waals surface area contributed by atoms with Crippen molar-refractivity contribution >= 4 is 5.91 Å². The summed E-state index contributed by atoms with van der Waals surface area (Å²) in [5, 5.41) is 3.75. The zero-order valence-corrected chi connectivity index (χ0v) is 16.2. The fraction of sp³-hybridized carbons (Fsp3) is 0.455. The molecule has 1 aromatic carbocycles. The summed E-state index contributed by atoms with van der Waals surface area (Å²) >= 11 is 0. The second-order valence-electron chi connectivity index (χ2n) is 7.66. The third-order valence-corrected chi connectivity index (χ3v) is 5.69. The van der Waals surface area contributed by atoms with Crippen LogP contribution in [0, 0.1) is 0 Å². The van der Waals surface area contributed by atoms with Crippen molar-refractivity contribution in [3.8, 4) is 11.6 Å². The number of aryl methyl sites for hydroxylation is 1. The maximum Gasteiger partial charge on any atom is 0.250 e. The molecule has 1 unspecified atom stereocenters. The number of amides is 1. The molecule has 148 valence electrons. The van der Waals surface area contributed by atoms with Crippen LogP contribution in [0.3, 0.4) is 0 Å². The van der Waals surface area contributed by atoms with Crippen LogP contribution < -0.4 is 15.8 Å². The molecule has 1 fully saturated rings. The molecule has 0 saturated carbocycles. The second-order valence-corrected chi connectivity index (χ2v) is 7.66. The summed E-state index contributed by atoms with van der Waals surface area (Å²) in [5.41, 5.74) is 8.35. The lowest BCUT2D eigenvalue weighted by molar-refractivity contribution is 0.1000. The Morgan fingerprint density at radius 2 is 2.07 bits per heavy atom. The predicted molar refractivity (Wildman–Crippen MR) is 109 cm³/mol. The number of likely N-dealkylation sites (tertiary alicyclic amines) is 1. The molecule has 4 rings (SSSR count). The molecule has 1 saturated heterocycles. The largest absolute Gasteiger partial charge is 0.439 e. The van der Waals surface area contributed by atoms with Gasteiger partial charge in [0.25, 0.3) is 0 Å². The smallest absolute Gasteiger partial charge is 0.250 e. The van der Waals surface area contributed by atoms with Crippen molar-refractivity contribution in [3.05, 3.63) is 53.2 Å². The molecule has 0 radical (unpaired) electrons. The van der Waals surface area contributed by atoms with E-state index in [0.717, 1.165) is 25.3 Å². The number of rotatable bonds is 7. The predicted octanol–water partition coefficient (Wildman–Crippen LogP) is 3.04. The summed E-state index contributed by atoms with van der Waals surface area (Å²) in [5.74, 6) is 0.743. The molecule has 0 spiro atoms. The molecule has 1 aliphatic carbocycles. The number of ether oxygens (including phenoxy) is 1. The summed E-state index contributed by atoms with van der Waals surface area (Å²) in [6.45, 7) is 4.68. The fourth-order valence-electron chi connectivity index (χ4n) is 4.18. The van der Waals surface area contributed by atoms with Gasteiger partial charge in [-0.3, -0.25) is 4.79 Å². The van der Waals surface area contributed by atoms with Gasteiger partial charge in [-0.05, 0) is 74.5 Å². The van der Waals surface area contributed by atoms with Gasteiger partial charge in [0.05, 0.1) is 5.56 Å². The molecule has 1 aliphatic heterocycles. The van der Waals surface area contributed by atoms with Crippen LogP contribution in [0.15, 0.2) is 36.5 Å². The number of pyridine rings is 1.